The number of hydrogen-bond donors (Lipinski definition) is 3. The summed E-state index contributed by atoms with van der Waals surface area (Å²) in [4.78, 5) is 0. The summed E-state index contributed by atoms with van der Waals surface area (Å²) in [5, 5.41) is 22.4. The second-order valence-corrected chi connectivity index (χ2v) is 5.56. The van der Waals surface area contributed by atoms with Crippen molar-refractivity contribution < 1.29 is 10.2 Å². The Bertz CT molecular complexity index is 339. The van der Waals surface area contributed by atoms with Crippen molar-refractivity contribution >= 4 is 23.4 Å². The lowest BCUT2D eigenvalue weighted by Gasteiger charge is -2.13. The molecule has 0 aliphatic heterocycles. The van der Waals surface area contributed by atoms with Gasteiger partial charge in [-0.15, -0.1) is 0 Å². The van der Waals surface area contributed by atoms with Crippen LogP contribution >= 0.6 is 23.4 Å². The first kappa shape index (κ1) is 15.8. The highest BCUT2D eigenvalue weighted by atomic mass is 35.5. The third-order valence-electron chi connectivity index (χ3n) is 2.47. The van der Waals surface area contributed by atoms with E-state index in [-0.39, 0.29) is 6.61 Å². The van der Waals surface area contributed by atoms with E-state index in [9.17, 15) is 5.11 Å². The van der Waals surface area contributed by atoms with Gasteiger partial charge in [-0.1, -0.05) is 29.8 Å². The summed E-state index contributed by atoms with van der Waals surface area (Å²) in [6.45, 7) is 1.60. The van der Waals surface area contributed by atoms with Crippen molar-refractivity contribution in [2.45, 2.75) is 12.5 Å². The van der Waals surface area contributed by atoms with Crippen LogP contribution in [0.4, 0.5) is 0 Å². The molecule has 3 nitrogen and oxygen atoms in total. The monoisotopic (exact) mass is 289 g/mol. The van der Waals surface area contributed by atoms with Crippen molar-refractivity contribution in [2.75, 3.05) is 31.2 Å². The summed E-state index contributed by atoms with van der Waals surface area (Å²) in [6.07, 6.45) is 0.272. The van der Waals surface area contributed by atoms with Gasteiger partial charge in [0, 0.05) is 36.0 Å². The Morgan fingerprint density at radius 3 is 2.78 bits per heavy atom. The quantitative estimate of drug-likeness (QED) is 0.609. The summed E-state index contributed by atoms with van der Waals surface area (Å²) in [5.41, 5.74) is 0.764. The SMILES string of the molecule is OCCCSCCNCC(O)c1ccccc1Cl. The molecule has 1 aromatic rings. The zero-order valence-corrected chi connectivity index (χ0v) is 11.9. The Balaban J connectivity index is 2.14. The molecular formula is C13H20ClNO2S. The van der Waals surface area contributed by atoms with Gasteiger partial charge in [-0.05, 0) is 18.2 Å². The average molecular weight is 290 g/mol. The number of nitrogens with one attached hydrogen (secondary N) is 1. The predicted molar refractivity (Wildman–Crippen MR) is 78.3 cm³/mol. The average Bonchev–Trinajstić information content (AvgIpc) is 2.38. The highest BCUT2D eigenvalue weighted by Gasteiger charge is 2.09. The highest BCUT2D eigenvalue weighted by molar-refractivity contribution is 7.99. The third-order valence-corrected chi connectivity index (χ3v) is 3.89. The maximum Gasteiger partial charge on any atom is 0.0928 e. The lowest BCUT2D eigenvalue weighted by molar-refractivity contribution is 0.176. The molecule has 3 N–H and O–H groups in total. The Morgan fingerprint density at radius 2 is 2.06 bits per heavy atom. The third kappa shape index (κ3) is 6.07. The number of aliphatic hydroxyl groups is 2. The molecule has 1 atom stereocenters. The fraction of sp³-hybridized carbons (Fsp3) is 0.538. The normalized spacial score (nSPS) is 12.6. The first-order valence-corrected chi connectivity index (χ1v) is 7.60. The highest BCUT2D eigenvalue weighted by Crippen LogP contribution is 2.21. The molecule has 0 saturated heterocycles. The van der Waals surface area contributed by atoms with Crippen molar-refractivity contribution in [3.05, 3.63) is 34.9 Å². The van der Waals surface area contributed by atoms with Crippen molar-refractivity contribution in [2.24, 2.45) is 0 Å². The van der Waals surface area contributed by atoms with Crippen LogP contribution in [-0.2, 0) is 0 Å². The number of benzene rings is 1. The lowest BCUT2D eigenvalue weighted by atomic mass is 10.1. The number of rotatable bonds is 9. The molecule has 0 aromatic heterocycles. The van der Waals surface area contributed by atoms with E-state index in [2.05, 4.69) is 5.32 Å². The molecule has 0 aliphatic carbocycles. The van der Waals surface area contributed by atoms with Crippen molar-refractivity contribution in [3.63, 3.8) is 0 Å². The molecule has 0 heterocycles. The van der Waals surface area contributed by atoms with Crippen LogP contribution in [-0.4, -0.2) is 41.4 Å². The molecule has 1 aromatic carbocycles. The van der Waals surface area contributed by atoms with E-state index in [1.807, 2.05) is 18.2 Å². The van der Waals surface area contributed by atoms with E-state index in [1.54, 1.807) is 17.8 Å². The maximum absolute atomic E-state index is 9.96. The zero-order valence-electron chi connectivity index (χ0n) is 10.3. The number of thioether (sulfide) groups is 1. The van der Waals surface area contributed by atoms with Gasteiger partial charge < -0.3 is 15.5 Å². The molecule has 0 saturated carbocycles. The Morgan fingerprint density at radius 1 is 1.28 bits per heavy atom. The second-order valence-electron chi connectivity index (χ2n) is 3.93. The van der Waals surface area contributed by atoms with Gasteiger partial charge in [0.25, 0.3) is 0 Å². The molecule has 0 aliphatic rings. The summed E-state index contributed by atoms with van der Waals surface area (Å²) in [5.74, 6) is 1.96. The smallest absolute Gasteiger partial charge is 0.0928 e. The predicted octanol–water partition coefficient (Wildman–Crippen LogP) is 2.08. The fourth-order valence-electron chi connectivity index (χ4n) is 1.51. The second kappa shape index (κ2) is 9.64. The van der Waals surface area contributed by atoms with Gasteiger partial charge in [-0.25, -0.2) is 0 Å². The molecular weight excluding hydrogens is 270 g/mol. The molecule has 1 unspecified atom stereocenters. The van der Waals surface area contributed by atoms with Crippen molar-refractivity contribution in [1.29, 1.82) is 0 Å². The van der Waals surface area contributed by atoms with Crippen LogP contribution in [0.25, 0.3) is 0 Å². The molecule has 5 heteroatoms. The maximum atomic E-state index is 9.96. The van der Waals surface area contributed by atoms with E-state index in [0.29, 0.717) is 11.6 Å². The number of hydrogen-bond acceptors (Lipinski definition) is 4. The van der Waals surface area contributed by atoms with Crippen LogP contribution in [0.3, 0.4) is 0 Å². The summed E-state index contributed by atoms with van der Waals surface area (Å²) in [6, 6.07) is 7.34. The van der Waals surface area contributed by atoms with Crippen LogP contribution in [0.1, 0.15) is 18.1 Å². The lowest BCUT2D eigenvalue weighted by Crippen LogP contribution is -2.24. The van der Waals surface area contributed by atoms with Gasteiger partial charge in [0.1, 0.15) is 0 Å². The Hall–Kier alpha value is -0.260. The van der Waals surface area contributed by atoms with E-state index >= 15 is 0 Å². The van der Waals surface area contributed by atoms with Gasteiger partial charge in [0.05, 0.1) is 6.10 Å². The van der Waals surface area contributed by atoms with Gasteiger partial charge in [-0.3, -0.25) is 0 Å². The molecule has 0 radical (unpaired) electrons. The fourth-order valence-corrected chi connectivity index (χ4v) is 2.59. The summed E-state index contributed by atoms with van der Waals surface area (Å²) < 4.78 is 0. The van der Waals surface area contributed by atoms with Gasteiger partial charge in [0.15, 0.2) is 0 Å². The number of halogens is 1. The van der Waals surface area contributed by atoms with E-state index in [0.717, 1.165) is 30.0 Å². The molecule has 0 amide bonds. The van der Waals surface area contributed by atoms with Crippen LogP contribution in [0.15, 0.2) is 24.3 Å². The molecule has 0 fully saturated rings. The Labute approximate surface area is 118 Å². The molecule has 1 rings (SSSR count). The molecule has 0 spiro atoms. The van der Waals surface area contributed by atoms with E-state index < -0.39 is 6.10 Å². The van der Waals surface area contributed by atoms with Crippen molar-refractivity contribution in [1.82, 2.24) is 5.32 Å². The van der Waals surface area contributed by atoms with Gasteiger partial charge >= 0.3 is 0 Å². The largest absolute Gasteiger partial charge is 0.396 e. The van der Waals surface area contributed by atoms with Gasteiger partial charge in [-0.2, -0.15) is 11.8 Å². The van der Waals surface area contributed by atoms with Crippen LogP contribution in [0, 0.1) is 0 Å². The first-order valence-electron chi connectivity index (χ1n) is 6.07. The number of aliphatic hydroxyl groups excluding tert-OH is 2. The summed E-state index contributed by atoms with van der Waals surface area (Å²) in [7, 11) is 0. The van der Waals surface area contributed by atoms with Crippen LogP contribution in [0.2, 0.25) is 5.02 Å². The van der Waals surface area contributed by atoms with Gasteiger partial charge in [0.2, 0.25) is 0 Å². The minimum atomic E-state index is -0.568. The minimum absolute atomic E-state index is 0.256. The van der Waals surface area contributed by atoms with Crippen LogP contribution < -0.4 is 5.32 Å². The van der Waals surface area contributed by atoms with Crippen molar-refractivity contribution in [3.8, 4) is 0 Å². The minimum Gasteiger partial charge on any atom is -0.396 e. The molecule has 102 valence electrons. The zero-order chi connectivity index (χ0) is 13.2. The van der Waals surface area contributed by atoms with E-state index in [4.69, 9.17) is 16.7 Å². The Kier molecular flexibility index (Phi) is 8.46. The van der Waals surface area contributed by atoms with Crippen LogP contribution in [0.5, 0.6) is 0 Å². The molecule has 18 heavy (non-hydrogen) atoms. The standard InChI is InChI=1S/C13H20ClNO2S/c14-12-5-2-1-4-11(12)13(17)10-15-6-9-18-8-3-7-16/h1-2,4-5,13,15-17H,3,6-10H2. The van der Waals surface area contributed by atoms with E-state index in [1.165, 1.54) is 0 Å². The summed E-state index contributed by atoms with van der Waals surface area (Å²) >= 11 is 7.80. The molecule has 0 bridgehead atoms. The first-order chi connectivity index (χ1) is 8.75. The topological polar surface area (TPSA) is 52.5 Å².